The van der Waals surface area contributed by atoms with Gasteiger partial charge in [0.1, 0.15) is 11.3 Å². The van der Waals surface area contributed by atoms with Gasteiger partial charge in [-0.1, -0.05) is 12.1 Å². The number of anilines is 1. The summed E-state index contributed by atoms with van der Waals surface area (Å²) in [5.74, 6) is -0.729. The third kappa shape index (κ3) is 3.54. The zero-order valence-corrected chi connectivity index (χ0v) is 18.1. The van der Waals surface area contributed by atoms with E-state index >= 15 is 0 Å². The number of sulfonamides is 1. The first-order valence-corrected chi connectivity index (χ1v) is 11.5. The van der Waals surface area contributed by atoms with Crippen LogP contribution in [0.4, 0.5) is 10.1 Å². The van der Waals surface area contributed by atoms with Gasteiger partial charge in [-0.25, -0.2) is 12.8 Å². The van der Waals surface area contributed by atoms with Gasteiger partial charge in [0, 0.05) is 36.8 Å². The van der Waals surface area contributed by atoms with Crippen molar-refractivity contribution in [3.63, 3.8) is 0 Å². The van der Waals surface area contributed by atoms with E-state index in [9.17, 15) is 23.0 Å². The third-order valence-electron chi connectivity index (χ3n) is 5.32. The number of aryl methyl sites for hydroxylation is 1. The number of rotatable bonds is 5. The number of hydrogen-bond donors (Lipinski definition) is 2. The zero-order chi connectivity index (χ0) is 22.5. The highest BCUT2D eigenvalue weighted by Crippen LogP contribution is 2.46. The molecule has 0 saturated heterocycles. The Morgan fingerprint density at radius 1 is 1.13 bits per heavy atom. The molecule has 2 aromatic heterocycles. The van der Waals surface area contributed by atoms with Gasteiger partial charge in [0.25, 0.3) is 0 Å². The van der Waals surface area contributed by atoms with Crippen LogP contribution < -0.4 is 4.31 Å². The molecule has 0 saturated carbocycles. The number of fused-ring (bicyclic) bond motifs is 2. The largest absolute Gasteiger partial charge is 0.505 e. The average molecular weight is 444 g/mol. The van der Waals surface area contributed by atoms with Gasteiger partial charge in [0.15, 0.2) is 5.75 Å². The fraction of sp³-hybridized carbons (Fsp3) is 0.227. The molecule has 2 aromatic carbocycles. The number of halogens is 1. The fourth-order valence-electron chi connectivity index (χ4n) is 3.93. The summed E-state index contributed by atoms with van der Waals surface area (Å²) in [4.78, 5) is 4.39. The normalized spacial score (nSPS) is 12.0. The smallest absolute Gasteiger partial charge is 0.232 e. The second-order valence-corrected chi connectivity index (χ2v) is 9.43. The number of phenolic OH excluding ortho intramolecular Hbond substituents is 1. The Morgan fingerprint density at radius 3 is 2.42 bits per heavy atom. The van der Waals surface area contributed by atoms with Gasteiger partial charge >= 0.3 is 0 Å². The van der Waals surface area contributed by atoms with Crippen molar-refractivity contribution in [2.75, 3.05) is 17.1 Å². The van der Waals surface area contributed by atoms with Crippen molar-refractivity contribution < 1.29 is 23.0 Å². The Labute approximate surface area is 179 Å². The predicted octanol–water partition coefficient (Wildman–Crippen LogP) is 3.65. The molecule has 0 spiro atoms. The molecular weight excluding hydrogens is 421 g/mol. The molecule has 0 fully saturated rings. The summed E-state index contributed by atoms with van der Waals surface area (Å²) in [5, 5.41) is 22.3. The van der Waals surface area contributed by atoms with Crippen molar-refractivity contribution in [1.29, 1.82) is 0 Å². The molecule has 162 valence electrons. The Hall–Kier alpha value is -3.33. The van der Waals surface area contributed by atoms with Crippen LogP contribution in [-0.2, 0) is 23.5 Å². The number of hydrogen-bond acceptors (Lipinski definition) is 5. The van der Waals surface area contributed by atoms with Crippen LogP contribution in [0.15, 0.2) is 42.7 Å². The molecule has 0 aliphatic carbocycles. The summed E-state index contributed by atoms with van der Waals surface area (Å²) in [7, 11) is -2.05. The number of benzene rings is 2. The molecule has 0 aliphatic rings. The summed E-state index contributed by atoms with van der Waals surface area (Å²) in [6.45, 7) is 1.87. The predicted molar refractivity (Wildman–Crippen MR) is 119 cm³/mol. The lowest BCUT2D eigenvalue weighted by atomic mass is 10.0. The standard InChI is InChI=1S/C22H22FN3O4S/c1-4-26(31(3,29)30)20-16-10-14(9-13-5-7-15(23)8-6-13)11-24-19(16)21(27)18-17(20)12-25(2)22(18)28/h5-8,10-12,27-28H,4,9H2,1-3H3. The zero-order valence-electron chi connectivity index (χ0n) is 17.3. The highest BCUT2D eigenvalue weighted by Gasteiger charge is 2.27. The molecule has 4 rings (SSSR count). The minimum Gasteiger partial charge on any atom is -0.505 e. The lowest BCUT2D eigenvalue weighted by Crippen LogP contribution is -2.29. The summed E-state index contributed by atoms with van der Waals surface area (Å²) in [6.07, 6.45) is 4.73. The van der Waals surface area contributed by atoms with Gasteiger partial charge in [-0.05, 0) is 42.7 Å². The van der Waals surface area contributed by atoms with Crippen LogP contribution in [0.25, 0.3) is 21.7 Å². The van der Waals surface area contributed by atoms with Crippen molar-refractivity contribution in [3.8, 4) is 11.6 Å². The molecular formula is C22H22FN3O4S. The maximum absolute atomic E-state index is 13.2. The van der Waals surface area contributed by atoms with Crippen molar-refractivity contribution in [1.82, 2.24) is 9.55 Å². The van der Waals surface area contributed by atoms with Crippen LogP contribution in [0.2, 0.25) is 0 Å². The molecule has 0 atom stereocenters. The van der Waals surface area contributed by atoms with Crippen LogP contribution in [0.3, 0.4) is 0 Å². The molecule has 4 aromatic rings. The van der Waals surface area contributed by atoms with Gasteiger partial charge in [-0.2, -0.15) is 0 Å². The Bertz CT molecular complexity index is 1410. The summed E-state index contributed by atoms with van der Waals surface area (Å²) < 4.78 is 41.0. The molecule has 7 nitrogen and oxygen atoms in total. The Kier molecular flexibility index (Phi) is 5.01. The lowest BCUT2D eigenvalue weighted by molar-refractivity contribution is 0.432. The van der Waals surface area contributed by atoms with Gasteiger partial charge in [0.05, 0.1) is 17.3 Å². The van der Waals surface area contributed by atoms with Crippen molar-refractivity contribution >= 4 is 37.4 Å². The van der Waals surface area contributed by atoms with Gasteiger partial charge in [-0.3, -0.25) is 9.29 Å². The topological polar surface area (TPSA) is 95.7 Å². The van der Waals surface area contributed by atoms with Gasteiger partial charge < -0.3 is 14.8 Å². The lowest BCUT2D eigenvalue weighted by Gasteiger charge is -2.24. The summed E-state index contributed by atoms with van der Waals surface area (Å²) >= 11 is 0. The summed E-state index contributed by atoms with van der Waals surface area (Å²) in [6, 6.07) is 7.87. The highest BCUT2D eigenvalue weighted by atomic mass is 32.2. The SMILES string of the molecule is CCN(c1c2cc(Cc3ccc(F)cc3)cnc2c(O)c2c(O)n(C)cc12)S(C)(=O)=O. The first kappa shape index (κ1) is 20.9. The quantitative estimate of drug-likeness (QED) is 0.491. The van der Waals surface area contributed by atoms with Crippen LogP contribution in [0.1, 0.15) is 18.1 Å². The van der Waals surface area contributed by atoms with Crippen LogP contribution in [0.5, 0.6) is 11.6 Å². The van der Waals surface area contributed by atoms with E-state index in [0.29, 0.717) is 22.9 Å². The van der Waals surface area contributed by atoms with Gasteiger partial charge in [-0.15, -0.1) is 0 Å². The Morgan fingerprint density at radius 2 is 1.81 bits per heavy atom. The fourth-order valence-corrected chi connectivity index (χ4v) is 4.93. The van der Waals surface area contributed by atoms with Crippen LogP contribution in [0, 0.1) is 5.82 Å². The average Bonchev–Trinajstić information content (AvgIpc) is 3.00. The summed E-state index contributed by atoms with van der Waals surface area (Å²) in [5.41, 5.74) is 2.16. The van der Waals surface area contributed by atoms with E-state index in [1.807, 2.05) is 0 Å². The maximum Gasteiger partial charge on any atom is 0.232 e. The monoisotopic (exact) mass is 443 g/mol. The second kappa shape index (κ2) is 7.42. The minimum absolute atomic E-state index is 0.144. The number of nitrogens with zero attached hydrogens (tertiary/aromatic N) is 3. The first-order valence-electron chi connectivity index (χ1n) is 9.65. The molecule has 0 unspecified atom stereocenters. The van der Waals surface area contributed by atoms with E-state index in [2.05, 4.69) is 4.98 Å². The van der Waals surface area contributed by atoms with Crippen LogP contribution >= 0.6 is 0 Å². The molecule has 0 bridgehead atoms. The molecule has 2 heterocycles. The molecule has 31 heavy (non-hydrogen) atoms. The van der Waals surface area contributed by atoms with Crippen molar-refractivity contribution in [3.05, 3.63) is 59.7 Å². The molecule has 0 radical (unpaired) electrons. The van der Waals surface area contributed by atoms with E-state index in [0.717, 1.165) is 17.4 Å². The third-order valence-corrected chi connectivity index (χ3v) is 6.57. The maximum atomic E-state index is 13.2. The number of pyridine rings is 1. The highest BCUT2D eigenvalue weighted by molar-refractivity contribution is 7.92. The number of aromatic hydroxyl groups is 2. The van der Waals surface area contributed by atoms with E-state index < -0.39 is 10.0 Å². The minimum atomic E-state index is -3.65. The van der Waals surface area contributed by atoms with Crippen molar-refractivity contribution in [2.45, 2.75) is 13.3 Å². The Balaban J connectivity index is 2.04. The number of phenols is 1. The second-order valence-electron chi connectivity index (χ2n) is 7.52. The molecule has 0 amide bonds. The molecule has 0 aliphatic heterocycles. The van der Waals surface area contributed by atoms with E-state index in [1.165, 1.54) is 21.0 Å². The van der Waals surface area contributed by atoms with E-state index in [-0.39, 0.29) is 34.9 Å². The van der Waals surface area contributed by atoms with Crippen molar-refractivity contribution in [2.24, 2.45) is 7.05 Å². The van der Waals surface area contributed by atoms with E-state index in [1.54, 1.807) is 44.6 Å². The van der Waals surface area contributed by atoms with E-state index in [4.69, 9.17) is 0 Å². The van der Waals surface area contributed by atoms with Gasteiger partial charge in [0.2, 0.25) is 15.9 Å². The number of aromatic nitrogens is 2. The first-order chi connectivity index (χ1) is 14.6. The molecule has 9 heteroatoms. The molecule has 2 N–H and O–H groups in total. The van der Waals surface area contributed by atoms with Crippen LogP contribution in [-0.4, -0.2) is 41.0 Å².